The third kappa shape index (κ3) is 5.24. The molecule has 26 heavy (non-hydrogen) atoms. The number of amides is 1. The lowest BCUT2D eigenvalue weighted by molar-refractivity contribution is -0.132. The lowest BCUT2D eigenvalue weighted by Crippen LogP contribution is -2.42. The van der Waals surface area contributed by atoms with Crippen molar-refractivity contribution < 1.29 is 9.53 Å². The van der Waals surface area contributed by atoms with Gasteiger partial charge in [-0.15, -0.1) is 11.8 Å². The SMILES string of the molecule is COc1cccc(SCC(=O)N(Cc2ccccn2)C2CCCCC2)c1. The van der Waals surface area contributed by atoms with Crippen molar-refractivity contribution >= 4 is 17.7 Å². The topological polar surface area (TPSA) is 42.4 Å². The van der Waals surface area contributed by atoms with Crippen LogP contribution in [0.5, 0.6) is 5.75 Å². The number of carbonyl (C=O) groups is 1. The van der Waals surface area contributed by atoms with Crippen molar-refractivity contribution in [3.63, 3.8) is 0 Å². The molecule has 0 aliphatic heterocycles. The molecule has 0 N–H and O–H groups in total. The first kappa shape index (κ1) is 18.8. The minimum atomic E-state index is 0.190. The second kappa shape index (κ2) is 9.62. The molecular formula is C21H26N2O2S. The fourth-order valence-corrected chi connectivity index (χ4v) is 4.23. The lowest BCUT2D eigenvalue weighted by Gasteiger charge is -2.34. The highest BCUT2D eigenvalue weighted by Crippen LogP contribution is 2.27. The molecule has 0 atom stereocenters. The minimum Gasteiger partial charge on any atom is -0.497 e. The Labute approximate surface area is 160 Å². The molecule has 0 bridgehead atoms. The zero-order valence-corrected chi connectivity index (χ0v) is 16.1. The number of hydrogen-bond acceptors (Lipinski definition) is 4. The second-order valence-corrected chi connectivity index (χ2v) is 7.65. The van der Waals surface area contributed by atoms with Gasteiger partial charge in [0, 0.05) is 17.1 Å². The van der Waals surface area contributed by atoms with Crippen LogP contribution in [0.3, 0.4) is 0 Å². The predicted molar refractivity (Wildman–Crippen MR) is 105 cm³/mol. The Morgan fingerprint density at radius 3 is 2.77 bits per heavy atom. The lowest BCUT2D eigenvalue weighted by atomic mass is 9.94. The molecule has 1 heterocycles. The maximum absolute atomic E-state index is 13.0. The van der Waals surface area contributed by atoms with Crippen LogP contribution >= 0.6 is 11.8 Å². The van der Waals surface area contributed by atoms with Gasteiger partial charge in [-0.25, -0.2) is 0 Å². The van der Waals surface area contributed by atoms with Crippen LogP contribution in [0.2, 0.25) is 0 Å². The van der Waals surface area contributed by atoms with Crippen molar-refractivity contribution in [3.8, 4) is 5.75 Å². The van der Waals surface area contributed by atoms with Crippen LogP contribution in [0.4, 0.5) is 0 Å². The van der Waals surface area contributed by atoms with Crippen molar-refractivity contribution in [2.45, 2.75) is 49.6 Å². The number of thioether (sulfide) groups is 1. The summed E-state index contributed by atoms with van der Waals surface area (Å²) in [5.41, 5.74) is 0.956. The average Bonchev–Trinajstić information content (AvgIpc) is 2.72. The molecule has 3 rings (SSSR count). The van der Waals surface area contributed by atoms with E-state index in [1.165, 1.54) is 19.3 Å². The van der Waals surface area contributed by atoms with Gasteiger partial charge in [-0.1, -0.05) is 31.4 Å². The smallest absolute Gasteiger partial charge is 0.233 e. The Bertz CT molecular complexity index is 702. The van der Waals surface area contributed by atoms with Crippen molar-refractivity contribution in [2.75, 3.05) is 12.9 Å². The molecular weight excluding hydrogens is 344 g/mol. The third-order valence-electron chi connectivity index (χ3n) is 4.80. The Hall–Kier alpha value is -2.01. The molecule has 2 aromatic rings. The summed E-state index contributed by atoms with van der Waals surface area (Å²) in [4.78, 5) is 20.5. The Balaban J connectivity index is 1.67. The number of nitrogens with zero attached hydrogens (tertiary/aromatic N) is 2. The van der Waals surface area contributed by atoms with E-state index in [1.807, 2.05) is 42.5 Å². The first-order valence-electron chi connectivity index (χ1n) is 9.22. The van der Waals surface area contributed by atoms with Crippen LogP contribution in [0.25, 0.3) is 0 Å². The molecule has 4 nitrogen and oxygen atoms in total. The number of benzene rings is 1. The first-order chi connectivity index (χ1) is 12.8. The average molecular weight is 371 g/mol. The summed E-state index contributed by atoms with van der Waals surface area (Å²) < 4.78 is 5.27. The van der Waals surface area contributed by atoms with E-state index >= 15 is 0 Å². The molecule has 1 amide bonds. The summed E-state index contributed by atoms with van der Waals surface area (Å²) in [6.45, 7) is 0.600. The standard InChI is InChI=1S/C21H26N2O2S/c1-25-19-11-7-12-20(14-19)26-16-21(24)23(18-9-3-2-4-10-18)15-17-8-5-6-13-22-17/h5-8,11-14,18H,2-4,9-10,15-16H2,1H3. The van der Waals surface area contributed by atoms with E-state index in [0.29, 0.717) is 18.3 Å². The highest BCUT2D eigenvalue weighted by molar-refractivity contribution is 8.00. The van der Waals surface area contributed by atoms with Crippen LogP contribution in [-0.2, 0) is 11.3 Å². The van der Waals surface area contributed by atoms with Crippen molar-refractivity contribution in [1.82, 2.24) is 9.88 Å². The number of methoxy groups -OCH3 is 1. The Morgan fingerprint density at radius 2 is 2.04 bits per heavy atom. The summed E-state index contributed by atoms with van der Waals surface area (Å²) in [5, 5.41) is 0. The van der Waals surface area contributed by atoms with Gasteiger partial charge in [0.1, 0.15) is 5.75 Å². The fourth-order valence-electron chi connectivity index (χ4n) is 3.40. The molecule has 1 fully saturated rings. The van der Waals surface area contributed by atoms with Crippen molar-refractivity contribution in [1.29, 1.82) is 0 Å². The molecule has 138 valence electrons. The summed E-state index contributed by atoms with van der Waals surface area (Å²) in [6.07, 6.45) is 7.69. The first-order valence-corrected chi connectivity index (χ1v) is 10.2. The van der Waals surface area contributed by atoms with Crippen LogP contribution in [-0.4, -0.2) is 34.7 Å². The van der Waals surface area contributed by atoms with Gasteiger partial charge in [0.05, 0.1) is 25.1 Å². The Kier molecular flexibility index (Phi) is 6.95. The van der Waals surface area contributed by atoms with E-state index in [1.54, 1.807) is 25.1 Å². The van der Waals surface area contributed by atoms with Gasteiger partial charge in [-0.05, 0) is 43.2 Å². The zero-order chi connectivity index (χ0) is 18.2. The maximum Gasteiger partial charge on any atom is 0.233 e. The van der Waals surface area contributed by atoms with Gasteiger partial charge in [-0.2, -0.15) is 0 Å². The van der Waals surface area contributed by atoms with Crippen LogP contribution in [0.1, 0.15) is 37.8 Å². The van der Waals surface area contributed by atoms with Crippen molar-refractivity contribution in [3.05, 3.63) is 54.4 Å². The molecule has 0 radical (unpaired) electrons. The molecule has 1 aliphatic rings. The minimum absolute atomic E-state index is 0.190. The third-order valence-corrected chi connectivity index (χ3v) is 5.78. The highest BCUT2D eigenvalue weighted by atomic mass is 32.2. The number of ether oxygens (including phenoxy) is 1. The number of pyridine rings is 1. The van der Waals surface area contributed by atoms with E-state index in [0.717, 1.165) is 29.2 Å². The molecule has 1 aromatic carbocycles. The predicted octanol–water partition coefficient (Wildman–Crippen LogP) is 4.54. The number of rotatable bonds is 7. The van der Waals surface area contributed by atoms with Crippen LogP contribution in [0.15, 0.2) is 53.6 Å². The Morgan fingerprint density at radius 1 is 1.19 bits per heavy atom. The van der Waals surface area contributed by atoms with E-state index in [-0.39, 0.29) is 5.91 Å². The highest BCUT2D eigenvalue weighted by Gasteiger charge is 2.25. The number of aromatic nitrogens is 1. The summed E-state index contributed by atoms with van der Waals surface area (Å²) >= 11 is 1.57. The maximum atomic E-state index is 13.0. The second-order valence-electron chi connectivity index (χ2n) is 6.60. The van der Waals surface area contributed by atoms with Gasteiger partial charge in [0.2, 0.25) is 5.91 Å². The van der Waals surface area contributed by atoms with E-state index in [9.17, 15) is 4.79 Å². The van der Waals surface area contributed by atoms with E-state index in [4.69, 9.17) is 4.74 Å². The fraction of sp³-hybridized carbons (Fsp3) is 0.429. The molecule has 1 saturated carbocycles. The van der Waals surface area contributed by atoms with Gasteiger partial charge < -0.3 is 9.64 Å². The molecule has 5 heteroatoms. The normalized spacial score (nSPS) is 14.8. The number of carbonyl (C=O) groups excluding carboxylic acids is 1. The molecule has 0 unspecified atom stereocenters. The largest absolute Gasteiger partial charge is 0.497 e. The molecule has 0 saturated heterocycles. The van der Waals surface area contributed by atoms with Crippen LogP contribution < -0.4 is 4.74 Å². The van der Waals surface area contributed by atoms with Gasteiger partial charge in [0.15, 0.2) is 0 Å². The molecule has 0 spiro atoms. The van der Waals surface area contributed by atoms with Crippen molar-refractivity contribution in [2.24, 2.45) is 0 Å². The number of hydrogen-bond donors (Lipinski definition) is 0. The zero-order valence-electron chi connectivity index (χ0n) is 15.3. The quantitative estimate of drug-likeness (QED) is 0.671. The van der Waals surface area contributed by atoms with Gasteiger partial charge in [0.25, 0.3) is 0 Å². The molecule has 1 aromatic heterocycles. The molecule has 1 aliphatic carbocycles. The van der Waals surface area contributed by atoms with E-state index in [2.05, 4.69) is 9.88 Å². The van der Waals surface area contributed by atoms with Gasteiger partial charge >= 0.3 is 0 Å². The summed E-state index contributed by atoms with van der Waals surface area (Å²) in [7, 11) is 1.66. The van der Waals surface area contributed by atoms with E-state index < -0.39 is 0 Å². The van der Waals surface area contributed by atoms with Crippen LogP contribution in [0, 0.1) is 0 Å². The van der Waals surface area contributed by atoms with Gasteiger partial charge in [-0.3, -0.25) is 9.78 Å². The summed E-state index contributed by atoms with van der Waals surface area (Å²) in [5.74, 6) is 1.45. The monoisotopic (exact) mass is 370 g/mol. The summed E-state index contributed by atoms with van der Waals surface area (Å²) in [6, 6.07) is 14.1.